The van der Waals surface area contributed by atoms with E-state index in [1.165, 1.54) is 64.0 Å². The van der Waals surface area contributed by atoms with Crippen LogP contribution >= 0.6 is 11.3 Å². The summed E-state index contributed by atoms with van der Waals surface area (Å²) in [6.07, 6.45) is 0. The number of hydrogen-bond acceptors (Lipinski definition) is 3. The van der Waals surface area contributed by atoms with E-state index in [4.69, 9.17) is 4.42 Å². The molecule has 0 aliphatic carbocycles. The van der Waals surface area contributed by atoms with Gasteiger partial charge in [-0.3, -0.25) is 0 Å². The maximum atomic E-state index is 6.93. The fourth-order valence-corrected chi connectivity index (χ4v) is 10.3. The summed E-state index contributed by atoms with van der Waals surface area (Å²) in [4.78, 5) is 2.48. The van der Waals surface area contributed by atoms with Gasteiger partial charge in [-0.1, -0.05) is 170 Å². The lowest BCUT2D eigenvalue weighted by Crippen LogP contribution is -2.11. The van der Waals surface area contributed by atoms with E-state index in [1.54, 1.807) is 0 Å². The number of thiophene rings is 1. The van der Waals surface area contributed by atoms with Gasteiger partial charge in [0.15, 0.2) is 0 Å². The Kier molecular flexibility index (Phi) is 7.75. The largest absolute Gasteiger partial charge is 0.455 e. The fourth-order valence-electron chi connectivity index (χ4n) is 9.09. The Morgan fingerprint density at radius 2 is 0.949 bits per heavy atom. The van der Waals surface area contributed by atoms with Crippen LogP contribution < -0.4 is 4.90 Å². The predicted molar refractivity (Wildman–Crippen MR) is 253 cm³/mol. The number of para-hydroxylation sites is 1. The van der Waals surface area contributed by atoms with Crippen LogP contribution in [0.25, 0.3) is 97.0 Å². The van der Waals surface area contributed by atoms with Crippen molar-refractivity contribution in [2.24, 2.45) is 0 Å². The Morgan fingerprint density at radius 3 is 1.76 bits per heavy atom. The zero-order valence-corrected chi connectivity index (χ0v) is 32.8. The number of rotatable bonds is 6. The first kappa shape index (κ1) is 33.7. The summed E-state index contributed by atoms with van der Waals surface area (Å²) >= 11 is 1.87. The fraction of sp³-hybridized carbons (Fsp3) is 0. The average molecular weight is 770 g/mol. The molecule has 12 aromatic rings. The van der Waals surface area contributed by atoms with Crippen molar-refractivity contribution in [3.63, 3.8) is 0 Å². The molecule has 276 valence electrons. The highest BCUT2D eigenvalue weighted by atomic mass is 32.1. The molecule has 0 bridgehead atoms. The minimum absolute atomic E-state index is 0.868. The third-order valence-corrected chi connectivity index (χ3v) is 13.1. The molecule has 0 unspecified atom stereocenters. The van der Waals surface area contributed by atoms with Crippen LogP contribution in [0.5, 0.6) is 0 Å². The highest BCUT2D eigenvalue weighted by molar-refractivity contribution is 7.26. The molecule has 2 aromatic heterocycles. The lowest BCUT2D eigenvalue weighted by molar-refractivity contribution is 0.670. The van der Waals surface area contributed by atoms with Gasteiger partial charge in [0, 0.05) is 36.8 Å². The first-order valence-corrected chi connectivity index (χ1v) is 20.9. The average Bonchev–Trinajstić information content (AvgIpc) is 3.90. The minimum Gasteiger partial charge on any atom is -0.455 e. The molecule has 0 fully saturated rings. The van der Waals surface area contributed by atoms with Crippen LogP contribution in [0, 0.1) is 0 Å². The van der Waals surface area contributed by atoms with Gasteiger partial charge in [0.1, 0.15) is 11.2 Å². The molecule has 0 N–H and O–H groups in total. The molecule has 2 nitrogen and oxygen atoms in total. The number of benzene rings is 10. The molecule has 0 saturated heterocycles. The molecular weight excluding hydrogens is 735 g/mol. The summed E-state index contributed by atoms with van der Waals surface area (Å²) < 4.78 is 9.47. The normalized spacial score (nSPS) is 11.7. The zero-order chi connectivity index (χ0) is 38.9. The van der Waals surface area contributed by atoms with Gasteiger partial charge >= 0.3 is 0 Å². The van der Waals surface area contributed by atoms with E-state index in [0.29, 0.717) is 0 Å². The monoisotopic (exact) mass is 769 g/mol. The third kappa shape index (κ3) is 5.47. The van der Waals surface area contributed by atoms with Crippen molar-refractivity contribution in [2.75, 3.05) is 4.90 Å². The number of furan rings is 1. The molecule has 0 radical (unpaired) electrons. The Labute approximate surface area is 345 Å². The van der Waals surface area contributed by atoms with Crippen molar-refractivity contribution < 1.29 is 4.42 Å². The number of anilines is 3. The summed E-state index contributed by atoms with van der Waals surface area (Å²) in [6.45, 7) is 0. The van der Waals surface area contributed by atoms with Crippen LogP contribution in [0.15, 0.2) is 217 Å². The van der Waals surface area contributed by atoms with Crippen molar-refractivity contribution in [3.8, 4) is 33.4 Å². The highest BCUT2D eigenvalue weighted by Gasteiger charge is 2.26. The second-order valence-electron chi connectivity index (χ2n) is 15.2. The number of hydrogen-bond donors (Lipinski definition) is 0. The van der Waals surface area contributed by atoms with Crippen LogP contribution in [0.4, 0.5) is 17.1 Å². The van der Waals surface area contributed by atoms with Crippen LogP contribution in [-0.4, -0.2) is 0 Å². The summed E-state index contributed by atoms with van der Waals surface area (Å²) in [5.74, 6) is 0. The third-order valence-electron chi connectivity index (χ3n) is 11.9. The van der Waals surface area contributed by atoms with Crippen LogP contribution in [0.2, 0.25) is 0 Å². The molecule has 0 spiro atoms. The van der Waals surface area contributed by atoms with Crippen LogP contribution in [0.1, 0.15) is 0 Å². The topological polar surface area (TPSA) is 16.4 Å². The van der Waals surface area contributed by atoms with E-state index in [0.717, 1.165) is 50.1 Å². The van der Waals surface area contributed by atoms with Gasteiger partial charge in [-0.15, -0.1) is 11.3 Å². The maximum Gasteiger partial charge on any atom is 0.145 e. The quantitative estimate of drug-likeness (QED) is 0.157. The van der Waals surface area contributed by atoms with E-state index in [2.05, 4.69) is 217 Å². The summed E-state index contributed by atoms with van der Waals surface area (Å²) in [5.41, 5.74) is 12.0. The predicted octanol–water partition coefficient (Wildman–Crippen LogP) is 16.7. The van der Waals surface area contributed by atoms with Gasteiger partial charge in [-0.25, -0.2) is 0 Å². The SMILES string of the molecule is c1ccc(-c2ccc(-c3ccc(N(c4ccc5c(ccc6ccccc65)c4)c4ccc(-c5ccccc5)c5sc6ccccc6c45)c4c3oc3ccccc34)cc2)cc1. The Bertz CT molecular complexity index is 3550. The Morgan fingerprint density at radius 1 is 0.373 bits per heavy atom. The van der Waals surface area contributed by atoms with Gasteiger partial charge in [0.2, 0.25) is 0 Å². The molecular formula is C56H35NOS. The molecule has 0 aliphatic heterocycles. The van der Waals surface area contributed by atoms with Crippen LogP contribution in [-0.2, 0) is 0 Å². The van der Waals surface area contributed by atoms with Crippen molar-refractivity contribution in [1.82, 2.24) is 0 Å². The van der Waals surface area contributed by atoms with E-state index in [1.807, 2.05) is 11.3 Å². The maximum absolute atomic E-state index is 6.93. The van der Waals surface area contributed by atoms with Crippen molar-refractivity contribution in [1.29, 1.82) is 0 Å². The van der Waals surface area contributed by atoms with Crippen molar-refractivity contribution >= 4 is 92.1 Å². The van der Waals surface area contributed by atoms with E-state index in [-0.39, 0.29) is 0 Å². The smallest absolute Gasteiger partial charge is 0.145 e. The van der Waals surface area contributed by atoms with E-state index >= 15 is 0 Å². The van der Waals surface area contributed by atoms with Crippen molar-refractivity contribution in [2.45, 2.75) is 0 Å². The first-order chi connectivity index (χ1) is 29.3. The Hall–Kier alpha value is -7.46. The van der Waals surface area contributed by atoms with Gasteiger partial charge in [0.05, 0.1) is 16.8 Å². The summed E-state index contributed by atoms with van der Waals surface area (Å²) in [6, 6.07) is 76.9. The summed E-state index contributed by atoms with van der Waals surface area (Å²) in [5, 5.41) is 9.60. The number of fused-ring (bicyclic) bond motifs is 9. The van der Waals surface area contributed by atoms with Gasteiger partial charge < -0.3 is 9.32 Å². The lowest BCUT2D eigenvalue weighted by Gasteiger charge is -2.28. The summed E-state index contributed by atoms with van der Waals surface area (Å²) in [7, 11) is 0. The molecule has 0 amide bonds. The van der Waals surface area contributed by atoms with E-state index < -0.39 is 0 Å². The molecule has 2 heterocycles. The van der Waals surface area contributed by atoms with Crippen LogP contribution in [0.3, 0.4) is 0 Å². The van der Waals surface area contributed by atoms with Gasteiger partial charge in [-0.2, -0.15) is 0 Å². The standard InChI is InChI=1S/C56H35NOS/c1-3-13-36(14-4-1)37-23-25-40(26-24-37)45-31-33-49(53-47-19-9-11-21-51(47)58-55(45)53)57(42-29-30-44-41(35-42)28-27-39-17-7-8-18-43(39)44)50-34-32-46(38-15-5-2-6-16-38)56-54(50)48-20-10-12-22-52(48)59-56/h1-35H. The Balaban J connectivity index is 1.15. The first-order valence-electron chi connectivity index (χ1n) is 20.1. The molecule has 0 aliphatic rings. The van der Waals surface area contributed by atoms with Gasteiger partial charge in [0.25, 0.3) is 0 Å². The second-order valence-corrected chi connectivity index (χ2v) is 16.3. The van der Waals surface area contributed by atoms with E-state index in [9.17, 15) is 0 Å². The van der Waals surface area contributed by atoms with Crippen molar-refractivity contribution in [3.05, 3.63) is 212 Å². The molecule has 12 rings (SSSR count). The molecule has 10 aromatic carbocycles. The number of nitrogens with zero attached hydrogens (tertiary/aromatic N) is 1. The zero-order valence-electron chi connectivity index (χ0n) is 32.0. The molecule has 0 atom stereocenters. The molecule has 3 heteroatoms. The van der Waals surface area contributed by atoms with Gasteiger partial charge in [-0.05, 0) is 91.8 Å². The molecule has 0 saturated carbocycles. The molecule has 59 heavy (non-hydrogen) atoms. The minimum atomic E-state index is 0.868. The lowest BCUT2D eigenvalue weighted by atomic mass is 9.96. The highest BCUT2D eigenvalue weighted by Crippen LogP contribution is 2.52. The second kappa shape index (κ2) is 13.6.